The number of likely N-dealkylation sites (N-methyl/N-ethyl adjacent to an activating group) is 1. The van der Waals surface area contributed by atoms with Crippen LogP contribution in [-0.2, 0) is 4.79 Å². The molecule has 1 saturated heterocycles. The summed E-state index contributed by atoms with van der Waals surface area (Å²) in [5, 5.41) is 14.8. The Bertz CT molecular complexity index is 523. The molecule has 1 N–H and O–H groups in total. The number of thiophene rings is 1. The van der Waals surface area contributed by atoms with Crippen molar-refractivity contribution in [1.29, 1.82) is 0 Å². The Morgan fingerprint density at radius 3 is 2.62 bits per heavy atom. The van der Waals surface area contributed by atoms with Crippen LogP contribution in [0.5, 0.6) is 0 Å². The van der Waals surface area contributed by atoms with Crippen LogP contribution in [0, 0.1) is 17.0 Å². The third kappa shape index (κ3) is 3.92. The predicted octanol–water partition coefficient (Wildman–Crippen LogP) is 1.22. The van der Waals surface area contributed by atoms with Crippen molar-refractivity contribution in [1.82, 2.24) is 10.2 Å². The number of hydrogen-bond acceptors (Lipinski definition) is 6. The number of carbonyl (C=O) groups excluding carboxylic acids is 1. The van der Waals surface area contributed by atoms with E-state index in [-0.39, 0.29) is 15.8 Å². The third-order valence-electron chi connectivity index (χ3n) is 3.46. The van der Waals surface area contributed by atoms with E-state index in [1.807, 2.05) is 13.8 Å². The molecular weight excluding hydrogens is 292 g/mol. The zero-order valence-corrected chi connectivity index (χ0v) is 13.1. The van der Waals surface area contributed by atoms with Gasteiger partial charge in [0.2, 0.25) is 5.91 Å². The summed E-state index contributed by atoms with van der Waals surface area (Å²) in [5.41, 5.74) is 0.948. The Morgan fingerprint density at radius 2 is 2.10 bits per heavy atom. The number of rotatable bonds is 5. The molecule has 0 aliphatic carbocycles. The van der Waals surface area contributed by atoms with Crippen LogP contribution in [0.25, 0.3) is 0 Å². The monoisotopic (exact) mass is 312 g/mol. The smallest absolute Gasteiger partial charge is 0.326 e. The fourth-order valence-corrected chi connectivity index (χ4v) is 3.47. The van der Waals surface area contributed by atoms with Crippen molar-refractivity contribution in [3.63, 3.8) is 0 Å². The maximum atomic E-state index is 11.6. The molecule has 1 fully saturated rings. The quantitative estimate of drug-likeness (QED) is 0.653. The molecule has 0 unspecified atom stereocenters. The molecule has 8 heteroatoms. The largest absolute Gasteiger partial charge is 0.360 e. The number of nitro groups is 1. The standard InChI is InChI=1S/C13H20N4O3S/c1-3-14-11(18)9-15-4-6-16(7-5-15)13-10(2)8-12(21-13)17(19)20/h8H,3-7,9H2,1-2H3,(H,14,18). The second-order valence-corrected chi connectivity index (χ2v) is 6.06. The average Bonchev–Trinajstić information content (AvgIpc) is 2.82. The lowest BCUT2D eigenvalue weighted by atomic mass is 10.2. The molecule has 2 heterocycles. The zero-order chi connectivity index (χ0) is 15.4. The molecule has 0 spiro atoms. The van der Waals surface area contributed by atoms with Crippen LogP contribution >= 0.6 is 11.3 Å². The normalized spacial score (nSPS) is 16.0. The van der Waals surface area contributed by atoms with E-state index in [0.29, 0.717) is 13.1 Å². The summed E-state index contributed by atoms with van der Waals surface area (Å²) in [4.78, 5) is 26.3. The highest BCUT2D eigenvalue weighted by atomic mass is 32.1. The first-order valence-electron chi connectivity index (χ1n) is 7.00. The first-order chi connectivity index (χ1) is 10.0. The van der Waals surface area contributed by atoms with E-state index in [1.54, 1.807) is 6.07 Å². The summed E-state index contributed by atoms with van der Waals surface area (Å²) >= 11 is 1.23. The van der Waals surface area contributed by atoms with Crippen LogP contribution in [0.3, 0.4) is 0 Å². The molecule has 0 saturated carbocycles. The summed E-state index contributed by atoms with van der Waals surface area (Å²) in [6.45, 7) is 8.05. The number of aryl methyl sites for hydroxylation is 1. The van der Waals surface area contributed by atoms with Crippen LogP contribution in [0.2, 0.25) is 0 Å². The van der Waals surface area contributed by atoms with E-state index in [1.165, 1.54) is 11.3 Å². The highest BCUT2D eigenvalue weighted by molar-refractivity contribution is 7.19. The van der Waals surface area contributed by atoms with E-state index in [0.717, 1.165) is 36.7 Å². The average molecular weight is 312 g/mol. The highest BCUT2D eigenvalue weighted by Gasteiger charge is 2.23. The van der Waals surface area contributed by atoms with Crippen LogP contribution < -0.4 is 10.2 Å². The maximum absolute atomic E-state index is 11.6. The molecule has 2 rings (SSSR count). The molecule has 1 amide bonds. The Labute approximate surface area is 127 Å². The summed E-state index contributed by atoms with van der Waals surface area (Å²) < 4.78 is 0. The molecule has 21 heavy (non-hydrogen) atoms. The lowest BCUT2D eigenvalue weighted by molar-refractivity contribution is -0.380. The minimum atomic E-state index is -0.341. The van der Waals surface area contributed by atoms with E-state index in [2.05, 4.69) is 15.1 Å². The Morgan fingerprint density at radius 1 is 1.43 bits per heavy atom. The number of carbonyl (C=O) groups is 1. The van der Waals surface area contributed by atoms with Crippen molar-refractivity contribution >= 4 is 27.2 Å². The van der Waals surface area contributed by atoms with Crippen molar-refractivity contribution in [2.75, 3.05) is 44.2 Å². The maximum Gasteiger partial charge on any atom is 0.326 e. The number of anilines is 1. The Hall–Kier alpha value is -1.67. The molecule has 0 bridgehead atoms. The van der Waals surface area contributed by atoms with E-state index >= 15 is 0 Å². The van der Waals surface area contributed by atoms with Gasteiger partial charge in [0.25, 0.3) is 0 Å². The molecular formula is C13H20N4O3S. The van der Waals surface area contributed by atoms with Gasteiger partial charge in [-0.05, 0) is 30.7 Å². The van der Waals surface area contributed by atoms with E-state index in [4.69, 9.17) is 0 Å². The summed E-state index contributed by atoms with van der Waals surface area (Å²) in [6, 6.07) is 1.63. The molecule has 116 valence electrons. The number of nitrogens with zero attached hydrogens (tertiary/aromatic N) is 3. The number of hydrogen-bond donors (Lipinski definition) is 1. The van der Waals surface area contributed by atoms with Crippen molar-refractivity contribution in [3.8, 4) is 0 Å². The molecule has 1 aromatic heterocycles. The van der Waals surface area contributed by atoms with E-state index in [9.17, 15) is 14.9 Å². The molecule has 0 aromatic carbocycles. The van der Waals surface area contributed by atoms with Crippen molar-refractivity contribution in [2.24, 2.45) is 0 Å². The van der Waals surface area contributed by atoms with Crippen LogP contribution in [0.4, 0.5) is 10.0 Å². The summed E-state index contributed by atoms with van der Waals surface area (Å²) in [7, 11) is 0. The van der Waals surface area contributed by atoms with Gasteiger partial charge in [-0.25, -0.2) is 0 Å². The minimum Gasteiger partial charge on any atom is -0.360 e. The van der Waals surface area contributed by atoms with Crippen LogP contribution in [-0.4, -0.2) is 55.0 Å². The van der Waals surface area contributed by atoms with Crippen LogP contribution in [0.15, 0.2) is 6.07 Å². The second-order valence-electron chi connectivity index (χ2n) is 5.05. The minimum absolute atomic E-state index is 0.0499. The van der Waals surface area contributed by atoms with Gasteiger partial charge in [-0.3, -0.25) is 19.8 Å². The van der Waals surface area contributed by atoms with Gasteiger partial charge in [-0.2, -0.15) is 0 Å². The molecule has 0 radical (unpaired) electrons. The first-order valence-corrected chi connectivity index (χ1v) is 7.81. The van der Waals surface area contributed by atoms with Gasteiger partial charge in [-0.1, -0.05) is 0 Å². The van der Waals surface area contributed by atoms with Gasteiger partial charge in [0.1, 0.15) is 5.00 Å². The van der Waals surface area contributed by atoms with Gasteiger partial charge in [0.15, 0.2) is 0 Å². The Balaban J connectivity index is 1.92. The predicted molar refractivity (Wildman–Crippen MR) is 83.0 cm³/mol. The molecule has 1 aromatic rings. The van der Waals surface area contributed by atoms with Gasteiger partial charge >= 0.3 is 5.00 Å². The topological polar surface area (TPSA) is 78.7 Å². The van der Waals surface area contributed by atoms with Crippen molar-refractivity contribution in [2.45, 2.75) is 13.8 Å². The molecule has 0 atom stereocenters. The molecule has 1 aliphatic rings. The summed E-state index contributed by atoms with van der Waals surface area (Å²) in [6.07, 6.45) is 0. The fourth-order valence-electron chi connectivity index (χ4n) is 2.43. The number of piperazine rings is 1. The second kappa shape index (κ2) is 6.86. The van der Waals surface area contributed by atoms with Crippen molar-refractivity contribution < 1.29 is 9.72 Å². The van der Waals surface area contributed by atoms with E-state index < -0.39 is 0 Å². The lowest BCUT2D eigenvalue weighted by Gasteiger charge is -2.35. The number of amides is 1. The molecule has 1 aliphatic heterocycles. The van der Waals surface area contributed by atoms with Crippen LogP contribution in [0.1, 0.15) is 12.5 Å². The first kappa shape index (κ1) is 15.7. The summed E-state index contributed by atoms with van der Waals surface area (Å²) in [5.74, 6) is 0.0499. The van der Waals surface area contributed by atoms with Gasteiger partial charge in [0.05, 0.1) is 11.5 Å². The lowest BCUT2D eigenvalue weighted by Crippen LogP contribution is -2.49. The highest BCUT2D eigenvalue weighted by Crippen LogP contribution is 2.36. The van der Waals surface area contributed by atoms with Gasteiger partial charge in [0, 0.05) is 38.8 Å². The van der Waals surface area contributed by atoms with Crippen molar-refractivity contribution in [3.05, 3.63) is 21.7 Å². The molecule has 7 nitrogen and oxygen atoms in total. The Kier molecular flexibility index (Phi) is 5.13. The fraction of sp³-hybridized carbons (Fsp3) is 0.615. The van der Waals surface area contributed by atoms with Gasteiger partial charge < -0.3 is 10.2 Å². The zero-order valence-electron chi connectivity index (χ0n) is 12.3. The van der Waals surface area contributed by atoms with Gasteiger partial charge in [-0.15, -0.1) is 0 Å². The SMILES string of the molecule is CCNC(=O)CN1CCN(c2sc([N+](=O)[O-])cc2C)CC1. The third-order valence-corrected chi connectivity index (χ3v) is 4.71. The number of nitrogens with one attached hydrogen (secondary N) is 1.